The van der Waals surface area contributed by atoms with Gasteiger partial charge in [0.05, 0.1) is 31.2 Å². The van der Waals surface area contributed by atoms with Crippen LogP contribution < -0.4 is 0 Å². The molecule has 1 spiro atoms. The van der Waals surface area contributed by atoms with Gasteiger partial charge in [0.1, 0.15) is 31.0 Å². The number of esters is 8. The summed E-state index contributed by atoms with van der Waals surface area (Å²) < 4.78 is 53.5. The van der Waals surface area contributed by atoms with Crippen molar-refractivity contribution in [3.63, 3.8) is 0 Å². The molecule has 16 unspecified atom stereocenters. The van der Waals surface area contributed by atoms with Crippen molar-refractivity contribution < 1.29 is 116 Å². The molecule has 0 aromatic carbocycles. The average molecular weight is 971 g/mol. The monoisotopic (exact) mass is 970 g/mol. The van der Waals surface area contributed by atoms with Crippen molar-refractivity contribution in [2.75, 3.05) is 20.3 Å². The Balaban J connectivity index is 0.000000307. The van der Waals surface area contributed by atoms with E-state index in [1.165, 1.54) is 13.0 Å². The van der Waals surface area contributed by atoms with Crippen LogP contribution in [0.15, 0.2) is 23.3 Å². The molecule has 0 aromatic rings. The SMILES string of the molecule is CC(=O)O.CC(=O)OCC1OC(O)C(OC(C)=O)C(OC(C)=O)C1OC(C)=O.COC(=O)C12OCC34C(OC(=O)C(OC(=O)C=C(C)C)C13)C(OC(C)=O)C1C(C)=CC(=O)CC1(C)C4C(O)C2O. The van der Waals surface area contributed by atoms with Crippen molar-refractivity contribution in [3.8, 4) is 0 Å². The van der Waals surface area contributed by atoms with Crippen molar-refractivity contribution in [3.05, 3.63) is 23.3 Å². The van der Waals surface area contributed by atoms with Gasteiger partial charge in [-0.2, -0.15) is 0 Å². The minimum atomic E-state index is -2.33. The minimum absolute atomic E-state index is 0.0935. The fourth-order valence-electron chi connectivity index (χ4n) is 10.9. The number of aliphatic hydroxyl groups is 3. The summed E-state index contributed by atoms with van der Waals surface area (Å²) in [4.78, 5) is 119. The molecule has 24 heteroatoms. The lowest BCUT2D eigenvalue weighted by Crippen LogP contribution is -2.81. The van der Waals surface area contributed by atoms with E-state index in [9.17, 15) is 58.5 Å². The van der Waals surface area contributed by atoms with Gasteiger partial charge in [-0.15, -0.1) is 0 Å². The van der Waals surface area contributed by atoms with E-state index in [4.69, 9.17) is 57.3 Å². The van der Waals surface area contributed by atoms with E-state index in [-0.39, 0.29) is 25.4 Å². The fraction of sp³-hybridized carbons (Fsp3) is 0.682. The number of fused-ring (bicyclic) bond motifs is 2. The molecule has 3 heterocycles. The quantitative estimate of drug-likeness (QED) is 0.126. The second kappa shape index (κ2) is 21.2. The van der Waals surface area contributed by atoms with Crippen molar-refractivity contribution in [2.45, 2.75) is 142 Å². The molecular weight excluding hydrogens is 912 g/mol. The van der Waals surface area contributed by atoms with E-state index in [1.54, 1.807) is 27.7 Å². The molecule has 0 amide bonds. The van der Waals surface area contributed by atoms with Gasteiger partial charge in [0, 0.05) is 65.9 Å². The number of carboxylic acids is 1. The lowest BCUT2D eigenvalue weighted by molar-refractivity contribution is -0.310. The number of ether oxygens (including phenoxy) is 10. The Labute approximate surface area is 389 Å². The number of hydrogen-bond acceptors (Lipinski definition) is 23. The molecule has 4 N–H and O–H groups in total. The molecule has 6 rings (SSSR count). The minimum Gasteiger partial charge on any atom is -0.481 e. The first-order valence-electron chi connectivity index (χ1n) is 21.2. The Kier molecular flexibility index (Phi) is 17.1. The number of carboxylic acid groups (broad SMARTS) is 1. The third-order valence-electron chi connectivity index (χ3n) is 12.5. The molecule has 3 aliphatic heterocycles. The maximum Gasteiger partial charge on any atom is 0.348 e. The molecule has 2 saturated carbocycles. The first kappa shape index (κ1) is 54.8. The number of aliphatic carboxylic acids is 1. The van der Waals surface area contributed by atoms with Crippen LogP contribution in [0.5, 0.6) is 0 Å². The summed E-state index contributed by atoms with van der Waals surface area (Å²) in [5.74, 6) is -10.7. The number of hydrogen-bond donors (Lipinski definition) is 4. The van der Waals surface area contributed by atoms with Gasteiger partial charge >= 0.3 is 47.8 Å². The summed E-state index contributed by atoms with van der Waals surface area (Å²) in [6.45, 7) is 12.8. The molecule has 3 aliphatic carbocycles. The van der Waals surface area contributed by atoms with Gasteiger partial charge in [0.2, 0.25) is 11.7 Å². The zero-order valence-electron chi connectivity index (χ0n) is 39.2. The number of methoxy groups -OCH3 is 1. The molecule has 6 aliphatic rings. The molecule has 0 radical (unpaired) electrons. The van der Waals surface area contributed by atoms with E-state index in [1.807, 2.05) is 0 Å². The van der Waals surface area contributed by atoms with Crippen molar-refractivity contribution in [2.24, 2.45) is 28.6 Å². The maximum atomic E-state index is 13.7. The summed E-state index contributed by atoms with van der Waals surface area (Å²) in [7, 11) is 1.06. The molecule has 2 bridgehead atoms. The van der Waals surface area contributed by atoms with Crippen LogP contribution in [-0.4, -0.2) is 167 Å². The van der Waals surface area contributed by atoms with Crippen molar-refractivity contribution in [1.82, 2.24) is 0 Å². The standard InChI is InChI=1S/C28H34O12.C14H20O10.C2H4O2/c1-11(2)7-15(31)39-19-21-27-10-37-28(21,25(35)36-6)22(33)17(32)20(27)26(5)9-14(30)8-12(3)16(26)18(38-13(4)29)23(27)40-24(19)34;1-6(15)20-5-10-11(21-7(2)16)12(22-8(3)17)13(14(19)24-10)23-9(4)18;1-2(3)4/h7-8,16-23,32-33H,9-10H2,1-6H3;10-14,19H,5H2,1-4H3;1H3,(H,3,4). The van der Waals surface area contributed by atoms with Crippen LogP contribution in [0.25, 0.3) is 0 Å². The van der Waals surface area contributed by atoms with Crippen molar-refractivity contribution >= 4 is 59.5 Å². The highest BCUT2D eigenvalue weighted by atomic mass is 16.7. The van der Waals surface area contributed by atoms with Crippen LogP contribution in [0.3, 0.4) is 0 Å². The predicted octanol–water partition coefficient (Wildman–Crippen LogP) is -0.674. The van der Waals surface area contributed by atoms with Gasteiger partial charge in [-0.1, -0.05) is 18.1 Å². The Hall–Kier alpha value is -5.82. The smallest absolute Gasteiger partial charge is 0.348 e. The number of carbonyl (C=O) groups is 10. The Bertz CT molecular complexity index is 2100. The van der Waals surface area contributed by atoms with Crippen LogP contribution in [0, 0.1) is 28.6 Å². The summed E-state index contributed by atoms with van der Waals surface area (Å²) in [5, 5.41) is 40.8. The molecule has 68 heavy (non-hydrogen) atoms. The lowest BCUT2D eigenvalue weighted by atomic mass is 9.37. The first-order valence-corrected chi connectivity index (χ1v) is 21.2. The van der Waals surface area contributed by atoms with Crippen LogP contribution in [0.2, 0.25) is 0 Å². The second-order valence-electron chi connectivity index (χ2n) is 17.7. The third-order valence-corrected chi connectivity index (χ3v) is 12.5. The Morgan fingerprint density at radius 3 is 1.81 bits per heavy atom. The highest BCUT2D eigenvalue weighted by Crippen LogP contribution is 2.73. The fourth-order valence-corrected chi connectivity index (χ4v) is 10.9. The van der Waals surface area contributed by atoms with E-state index < -0.39 is 149 Å². The first-order chi connectivity index (χ1) is 31.5. The summed E-state index contributed by atoms with van der Waals surface area (Å²) in [5.41, 5.74) is -3.88. The lowest BCUT2D eigenvalue weighted by Gasteiger charge is -2.68. The zero-order valence-corrected chi connectivity index (χ0v) is 39.2. The second-order valence-corrected chi connectivity index (χ2v) is 17.7. The molecule has 24 nitrogen and oxygen atoms in total. The summed E-state index contributed by atoms with van der Waals surface area (Å²) >= 11 is 0. The molecule has 378 valence electrons. The largest absolute Gasteiger partial charge is 0.481 e. The van der Waals surface area contributed by atoms with Crippen molar-refractivity contribution in [1.29, 1.82) is 0 Å². The van der Waals surface area contributed by atoms with Gasteiger partial charge < -0.3 is 67.8 Å². The number of rotatable bonds is 9. The topological polar surface area (TPSA) is 344 Å². The number of allylic oxidation sites excluding steroid dienone is 2. The van der Waals surface area contributed by atoms with Gasteiger partial charge in [0.15, 0.2) is 30.4 Å². The van der Waals surface area contributed by atoms with Crippen LogP contribution in [0.1, 0.15) is 75.7 Å². The van der Waals surface area contributed by atoms with E-state index >= 15 is 0 Å². The third kappa shape index (κ3) is 10.6. The summed E-state index contributed by atoms with van der Waals surface area (Å²) in [6, 6.07) is 0. The molecule has 0 aromatic heterocycles. The molecule has 16 atom stereocenters. The van der Waals surface area contributed by atoms with Crippen LogP contribution in [0.4, 0.5) is 0 Å². The number of aliphatic hydroxyl groups excluding tert-OH is 3. The maximum absolute atomic E-state index is 13.7. The Morgan fingerprint density at radius 1 is 0.765 bits per heavy atom. The summed E-state index contributed by atoms with van der Waals surface area (Å²) in [6.07, 6.45) is -12.0. The van der Waals surface area contributed by atoms with Crippen LogP contribution >= 0.6 is 0 Å². The normalized spacial score (nSPS) is 37.0. The van der Waals surface area contributed by atoms with Gasteiger partial charge in [0.25, 0.3) is 5.97 Å². The zero-order chi connectivity index (χ0) is 51.5. The Morgan fingerprint density at radius 2 is 1.29 bits per heavy atom. The van der Waals surface area contributed by atoms with Crippen LogP contribution in [-0.2, 0) is 95.3 Å². The number of carbonyl (C=O) groups excluding carboxylic acids is 9. The molecule has 3 saturated heterocycles. The molecular formula is C44H58O24. The van der Waals surface area contributed by atoms with Gasteiger partial charge in [-0.05, 0) is 32.3 Å². The molecule has 5 fully saturated rings. The van der Waals surface area contributed by atoms with E-state index in [0.717, 1.165) is 47.8 Å². The predicted molar refractivity (Wildman–Crippen MR) is 219 cm³/mol. The van der Waals surface area contributed by atoms with E-state index in [0.29, 0.717) is 11.1 Å². The highest BCUT2D eigenvalue weighted by molar-refractivity contribution is 5.93. The number of ketones is 1. The highest BCUT2D eigenvalue weighted by Gasteiger charge is 2.86. The van der Waals surface area contributed by atoms with Gasteiger partial charge in [-0.3, -0.25) is 33.6 Å². The van der Waals surface area contributed by atoms with Gasteiger partial charge in [-0.25, -0.2) is 14.4 Å². The average Bonchev–Trinajstić information content (AvgIpc) is 3.49. The van der Waals surface area contributed by atoms with E-state index in [2.05, 4.69) is 0 Å².